The molecular weight excluding hydrogens is 462 g/mol. The van der Waals surface area contributed by atoms with E-state index >= 15 is 0 Å². The van der Waals surface area contributed by atoms with E-state index in [4.69, 9.17) is 15.1 Å². The van der Waals surface area contributed by atoms with Crippen LogP contribution in [0.3, 0.4) is 0 Å². The van der Waals surface area contributed by atoms with Crippen LogP contribution in [-0.2, 0) is 6.54 Å². The van der Waals surface area contributed by atoms with Gasteiger partial charge < -0.3 is 5.32 Å². The largest absolute Gasteiger partial charge is 0.366 e. The number of thiazole rings is 1. The summed E-state index contributed by atoms with van der Waals surface area (Å²) < 4.78 is 1.93. The summed E-state index contributed by atoms with van der Waals surface area (Å²) in [5, 5.41) is 12.5. The number of nitrogens with one attached hydrogen (secondary N) is 1. The Morgan fingerprint density at radius 1 is 0.806 bits per heavy atom. The Labute approximate surface area is 214 Å². The number of fused-ring (bicyclic) bond motifs is 1. The number of pyridine rings is 1. The van der Waals surface area contributed by atoms with E-state index in [2.05, 4.69) is 72.2 Å². The number of benzene rings is 3. The average molecular weight is 488 g/mol. The van der Waals surface area contributed by atoms with Gasteiger partial charge in [0.15, 0.2) is 5.65 Å². The van der Waals surface area contributed by atoms with Gasteiger partial charge in [0.25, 0.3) is 0 Å². The second-order valence-electron chi connectivity index (χ2n) is 8.81. The van der Waals surface area contributed by atoms with Crippen molar-refractivity contribution in [2.45, 2.75) is 20.4 Å². The topological polar surface area (TPSA) is 55.6 Å². The van der Waals surface area contributed by atoms with Crippen molar-refractivity contribution < 1.29 is 0 Å². The highest BCUT2D eigenvalue weighted by Gasteiger charge is 2.14. The molecule has 0 radical (unpaired) electrons. The summed E-state index contributed by atoms with van der Waals surface area (Å²) >= 11 is 1.67. The molecule has 3 heterocycles. The summed E-state index contributed by atoms with van der Waals surface area (Å²) in [4.78, 5) is 9.82. The van der Waals surface area contributed by atoms with Crippen LogP contribution in [0.4, 0.5) is 5.82 Å². The molecule has 0 unspecified atom stereocenters. The lowest BCUT2D eigenvalue weighted by Gasteiger charge is -2.10. The van der Waals surface area contributed by atoms with Crippen LogP contribution in [0.2, 0.25) is 0 Å². The first kappa shape index (κ1) is 22.2. The Bertz CT molecular complexity index is 1650. The van der Waals surface area contributed by atoms with Gasteiger partial charge in [-0.05, 0) is 49.2 Å². The Balaban J connectivity index is 1.26. The Hall–Kier alpha value is -4.29. The second kappa shape index (κ2) is 9.40. The number of para-hydroxylation sites is 1. The minimum absolute atomic E-state index is 0.668. The summed E-state index contributed by atoms with van der Waals surface area (Å²) in [7, 11) is 0. The number of hydrogen-bond acceptors (Lipinski definition) is 5. The zero-order valence-electron chi connectivity index (χ0n) is 20.1. The number of anilines is 1. The molecule has 3 aromatic carbocycles. The molecule has 0 aliphatic carbocycles. The third-order valence-corrected chi connectivity index (χ3v) is 7.12. The van der Waals surface area contributed by atoms with Crippen LogP contribution in [0.5, 0.6) is 0 Å². The van der Waals surface area contributed by atoms with E-state index in [1.165, 1.54) is 5.56 Å². The van der Waals surface area contributed by atoms with Gasteiger partial charge in [0, 0.05) is 28.4 Å². The number of rotatable bonds is 6. The number of nitrogens with zero attached hydrogens (tertiary/aromatic N) is 4. The van der Waals surface area contributed by atoms with Gasteiger partial charge in [-0.15, -0.1) is 11.3 Å². The predicted octanol–water partition coefficient (Wildman–Crippen LogP) is 7.44. The maximum atomic E-state index is 4.94. The highest BCUT2D eigenvalue weighted by molar-refractivity contribution is 7.13. The van der Waals surface area contributed by atoms with Crippen LogP contribution >= 0.6 is 11.3 Å². The quantitative estimate of drug-likeness (QED) is 0.265. The summed E-state index contributed by atoms with van der Waals surface area (Å²) in [6, 6.07) is 31.1. The van der Waals surface area contributed by atoms with Gasteiger partial charge in [-0.3, -0.25) is 0 Å². The van der Waals surface area contributed by atoms with Crippen LogP contribution in [-0.4, -0.2) is 19.7 Å². The molecule has 0 saturated carbocycles. The fourth-order valence-corrected chi connectivity index (χ4v) is 5.32. The molecule has 6 rings (SSSR count). The van der Waals surface area contributed by atoms with Gasteiger partial charge in [0.05, 0.1) is 17.1 Å². The number of aromatic nitrogens is 4. The molecule has 0 amide bonds. The lowest BCUT2D eigenvalue weighted by atomic mass is 10.1. The fourth-order valence-electron chi connectivity index (χ4n) is 4.50. The molecule has 0 fully saturated rings. The Morgan fingerprint density at radius 2 is 1.56 bits per heavy atom. The first-order valence-corrected chi connectivity index (χ1v) is 12.8. The first-order chi connectivity index (χ1) is 17.7. The molecule has 0 bridgehead atoms. The van der Waals surface area contributed by atoms with E-state index in [-0.39, 0.29) is 0 Å². The highest BCUT2D eigenvalue weighted by Crippen LogP contribution is 2.30. The average Bonchev–Trinajstić information content (AvgIpc) is 3.54. The normalized spacial score (nSPS) is 11.2. The van der Waals surface area contributed by atoms with E-state index in [0.717, 1.165) is 55.6 Å². The Morgan fingerprint density at radius 3 is 2.36 bits per heavy atom. The van der Waals surface area contributed by atoms with Gasteiger partial charge in [0.2, 0.25) is 0 Å². The van der Waals surface area contributed by atoms with Crippen LogP contribution in [0.25, 0.3) is 38.5 Å². The van der Waals surface area contributed by atoms with E-state index in [1.807, 2.05) is 48.0 Å². The molecular formula is C30H25N5S. The summed E-state index contributed by atoms with van der Waals surface area (Å²) in [6.07, 6.45) is 0. The van der Waals surface area contributed by atoms with Crippen LogP contribution in [0.1, 0.15) is 16.8 Å². The van der Waals surface area contributed by atoms with Crippen molar-refractivity contribution >= 4 is 28.2 Å². The highest BCUT2D eigenvalue weighted by atomic mass is 32.1. The van der Waals surface area contributed by atoms with Gasteiger partial charge >= 0.3 is 0 Å². The smallest absolute Gasteiger partial charge is 0.165 e. The minimum Gasteiger partial charge on any atom is -0.366 e. The van der Waals surface area contributed by atoms with Gasteiger partial charge in [-0.25, -0.2) is 14.6 Å². The molecule has 5 nitrogen and oxygen atoms in total. The maximum absolute atomic E-state index is 4.94. The van der Waals surface area contributed by atoms with Crippen molar-refractivity contribution in [3.8, 4) is 27.5 Å². The fraction of sp³-hybridized carbons (Fsp3) is 0.100. The van der Waals surface area contributed by atoms with E-state index in [1.54, 1.807) is 11.3 Å². The molecule has 36 heavy (non-hydrogen) atoms. The van der Waals surface area contributed by atoms with Crippen LogP contribution in [0, 0.1) is 13.8 Å². The zero-order chi connectivity index (χ0) is 24.5. The molecule has 0 aliphatic rings. The van der Waals surface area contributed by atoms with Crippen LogP contribution < -0.4 is 5.32 Å². The van der Waals surface area contributed by atoms with Crippen molar-refractivity contribution in [1.82, 2.24) is 19.7 Å². The molecule has 176 valence electrons. The third kappa shape index (κ3) is 4.27. The molecule has 6 heteroatoms. The molecule has 1 N–H and O–H groups in total. The second-order valence-corrected chi connectivity index (χ2v) is 9.67. The van der Waals surface area contributed by atoms with Crippen molar-refractivity contribution in [1.29, 1.82) is 0 Å². The number of hydrogen-bond donors (Lipinski definition) is 1. The summed E-state index contributed by atoms with van der Waals surface area (Å²) in [6.45, 7) is 4.82. The van der Waals surface area contributed by atoms with Crippen molar-refractivity contribution in [3.63, 3.8) is 0 Å². The lowest BCUT2D eigenvalue weighted by Crippen LogP contribution is -2.04. The number of aryl methyl sites for hydroxylation is 2. The Kier molecular flexibility index (Phi) is 5.79. The standard InChI is InChI=1S/C30H25N5S/c1-20-16-27(33-29-28(20)21(2)34-35(29)25-14-7-4-8-15-25)31-18-22-10-9-13-24(17-22)30-32-26(19-36-30)23-11-5-3-6-12-23/h3-17,19H,18H2,1-2H3,(H,31,33). The maximum Gasteiger partial charge on any atom is 0.165 e. The SMILES string of the molecule is Cc1cc(NCc2cccc(-c3nc(-c4ccccc4)cs3)c2)nc2c1c(C)nn2-c1ccccc1. The third-order valence-electron chi connectivity index (χ3n) is 6.23. The summed E-state index contributed by atoms with van der Waals surface area (Å²) in [5.74, 6) is 0.836. The predicted molar refractivity (Wildman–Crippen MR) is 149 cm³/mol. The molecule has 0 atom stereocenters. The van der Waals surface area contributed by atoms with Gasteiger partial charge in [0.1, 0.15) is 10.8 Å². The van der Waals surface area contributed by atoms with E-state index < -0.39 is 0 Å². The molecule has 3 aromatic heterocycles. The molecule has 0 spiro atoms. The zero-order valence-corrected chi connectivity index (χ0v) is 21.0. The summed E-state index contributed by atoms with van der Waals surface area (Å²) in [5.41, 5.74) is 8.47. The van der Waals surface area contributed by atoms with Crippen molar-refractivity contribution in [3.05, 3.63) is 113 Å². The molecule has 0 saturated heterocycles. The molecule has 0 aliphatic heterocycles. The lowest BCUT2D eigenvalue weighted by molar-refractivity contribution is 0.877. The molecule has 6 aromatic rings. The van der Waals surface area contributed by atoms with Crippen molar-refractivity contribution in [2.75, 3.05) is 5.32 Å². The van der Waals surface area contributed by atoms with E-state index in [9.17, 15) is 0 Å². The van der Waals surface area contributed by atoms with Gasteiger partial charge in [-0.2, -0.15) is 5.10 Å². The minimum atomic E-state index is 0.668. The van der Waals surface area contributed by atoms with Gasteiger partial charge in [-0.1, -0.05) is 66.7 Å². The van der Waals surface area contributed by atoms with E-state index in [0.29, 0.717) is 6.54 Å². The van der Waals surface area contributed by atoms with Crippen molar-refractivity contribution in [2.24, 2.45) is 0 Å². The first-order valence-electron chi connectivity index (χ1n) is 11.9. The monoisotopic (exact) mass is 487 g/mol. The van der Waals surface area contributed by atoms with Crippen LogP contribution in [0.15, 0.2) is 96.4 Å².